The lowest BCUT2D eigenvalue weighted by atomic mass is 10.1. The number of piperazine rings is 1. The fourth-order valence-electron chi connectivity index (χ4n) is 3.04. The Labute approximate surface area is 153 Å². The predicted molar refractivity (Wildman–Crippen MR) is 98.9 cm³/mol. The van der Waals surface area contributed by atoms with Crippen molar-refractivity contribution in [3.05, 3.63) is 29.8 Å². The molecule has 3 rings (SSSR count). The average molecular weight is 358 g/mol. The van der Waals surface area contributed by atoms with Gasteiger partial charge in [-0.05, 0) is 25.0 Å². The van der Waals surface area contributed by atoms with Crippen LogP contribution in [-0.4, -0.2) is 66.3 Å². The number of amides is 3. The Kier molecular flexibility index (Phi) is 5.88. The van der Waals surface area contributed by atoms with E-state index < -0.39 is 0 Å². The molecule has 0 atom stereocenters. The summed E-state index contributed by atoms with van der Waals surface area (Å²) < 4.78 is 0. The molecule has 1 saturated carbocycles. The standard InChI is InChI=1S/C19H26N4O3/c1-14(24)23-12-10-22(11-13-23)9-8-18(25)21-17-5-3-2-4-16(17)19(26)20-15-6-7-15/h2-5,15H,6-13H2,1H3,(H,20,26)(H,21,25). The number of nitrogens with one attached hydrogen (secondary N) is 2. The van der Waals surface area contributed by atoms with Gasteiger partial charge in [-0.2, -0.15) is 0 Å². The summed E-state index contributed by atoms with van der Waals surface area (Å²) in [7, 11) is 0. The SMILES string of the molecule is CC(=O)N1CCN(CCC(=O)Nc2ccccc2C(=O)NC2CC2)CC1. The zero-order chi connectivity index (χ0) is 18.5. The maximum Gasteiger partial charge on any atom is 0.253 e. The molecule has 1 heterocycles. The molecule has 3 amide bonds. The highest BCUT2D eigenvalue weighted by Crippen LogP contribution is 2.21. The fraction of sp³-hybridized carbons (Fsp3) is 0.526. The highest BCUT2D eigenvalue weighted by atomic mass is 16.2. The zero-order valence-electron chi connectivity index (χ0n) is 15.2. The van der Waals surface area contributed by atoms with Gasteiger partial charge in [-0.25, -0.2) is 0 Å². The Morgan fingerprint density at radius 3 is 2.42 bits per heavy atom. The lowest BCUT2D eigenvalue weighted by Gasteiger charge is -2.34. The van der Waals surface area contributed by atoms with Crippen LogP contribution in [0.4, 0.5) is 5.69 Å². The summed E-state index contributed by atoms with van der Waals surface area (Å²) in [6.45, 7) is 5.22. The van der Waals surface area contributed by atoms with Gasteiger partial charge in [0.1, 0.15) is 0 Å². The van der Waals surface area contributed by atoms with Gasteiger partial charge in [0, 0.05) is 52.1 Å². The van der Waals surface area contributed by atoms with E-state index in [9.17, 15) is 14.4 Å². The van der Waals surface area contributed by atoms with Gasteiger partial charge in [-0.15, -0.1) is 0 Å². The Morgan fingerprint density at radius 2 is 1.77 bits per heavy atom. The predicted octanol–water partition coefficient (Wildman–Crippen LogP) is 1.07. The van der Waals surface area contributed by atoms with Crippen LogP contribution >= 0.6 is 0 Å². The van der Waals surface area contributed by atoms with E-state index >= 15 is 0 Å². The van der Waals surface area contributed by atoms with E-state index in [0.717, 1.165) is 25.9 Å². The third-order valence-electron chi connectivity index (χ3n) is 4.83. The van der Waals surface area contributed by atoms with E-state index in [-0.39, 0.29) is 23.8 Å². The summed E-state index contributed by atoms with van der Waals surface area (Å²) in [5, 5.41) is 5.81. The molecule has 1 aliphatic carbocycles. The lowest BCUT2D eigenvalue weighted by Crippen LogP contribution is -2.48. The van der Waals surface area contributed by atoms with Crippen molar-refractivity contribution in [3.8, 4) is 0 Å². The molecule has 2 N–H and O–H groups in total. The van der Waals surface area contributed by atoms with Crippen LogP contribution in [0, 0.1) is 0 Å². The number of carbonyl (C=O) groups excluding carboxylic acids is 3. The lowest BCUT2D eigenvalue weighted by molar-refractivity contribution is -0.130. The second-order valence-electron chi connectivity index (χ2n) is 6.94. The molecule has 140 valence electrons. The summed E-state index contributed by atoms with van der Waals surface area (Å²) in [6, 6.07) is 7.37. The van der Waals surface area contributed by atoms with E-state index in [1.165, 1.54) is 0 Å². The van der Waals surface area contributed by atoms with Crippen LogP contribution in [0.3, 0.4) is 0 Å². The van der Waals surface area contributed by atoms with Crippen molar-refractivity contribution >= 4 is 23.4 Å². The van der Waals surface area contributed by atoms with Crippen LogP contribution in [0.2, 0.25) is 0 Å². The molecule has 1 aromatic carbocycles. The Morgan fingerprint density at radius 1 is 1.08 bits per heavy atom. The second-order valence-corrected chi connectivity index (χ2v) is 6.94. The molecule has 2 aliphatic rings. The molecule has 2 fully saturated rings. The first-order valence-electron chi connectivity index (χ1n) is 9.20. The average Bonchev–Trinajstić information content (AvgIpc) is 3.44. The van der Waals surface area contributed by atoms with Gasteiger partial charge in [-0.3, -0.25) is 19.3 Å². The first-order valence-corrected chi connectivity index (χ1v) is 9.20. The zero-order valence-corrected chi connectivity index (χ0v) is 15.2. The van der Waals surface area contributed by atoms with Crippen LogP contribution in [0.15, 0.2) is 24.3 Å². The molecule has 1 aromatic rings. The third-order valence-corrected chi connectivity index (χ3v) is 4.83. The number of hydrogen-bond acceptors (Lipinski definition) is 4. The van der Waals surface area contributed by atoms with Crippen molar-refractivity contribution in [1.82, 2.24) is 15.1 Å². The molecular formula is C19H26N4O3. The van der Waals surface area contributed by atoms with Gasteiger partial charge in [0.15, 0.2) is 0 Å². The normalized spacial score (nSPS) is 17.7. The summed E-state index contributed by atoms with van der Waals surface area (Å²) in [5.41, 5.74) is 1.06. The number of benzene rings is 1. The van der Waals surface area contributed by atoms with Crippen molar-refractivity contribution in [3.63, 3.8) is 0 Å². The summed E-state index contributed by atoms with van der Waals surface area (Å²) in [4.78, 5) is 39.9. The van der Waals surface area contributed by atoms with Crippen molar-refractivity contribution in [2.24, 2.45) is 0 Å². The Balaban J connectivity index is 1.48. The Bertz CT molecular complexity index is 679. The largest absolute Gasteiger partial charge is 0.349 e. The second kappa shape index (κ2) is 8.31. The molecule has 0 unspecified atom stereocenters. The molecule has 0 bridgehead atoms. The molecule has 0 aromatic heterocycles. The van der Waals surface area contributed by atoms with Crippen molar-refractivity contribution in [2.45, 2.75) is 32.2 Å². The van der Waals surface area contributed by atoms with Crippen LogP contribution in [-0.2, 0) is 9.59 Å². The number of carbonyl (C=O) groups is 3. The molecule has 1 aliphatic heterocycles. The quantitative estimate of drug-likeness (QED) is 0.797. The van der Waals surface area contributed by atoms with Crippen LogP contribution in [0.25, 0.3) is 0 Å². The minimum Gasteiger partial charge on any atom is -0.349 e. The topological polar surface area (TPSA) is 81.8 Å². The number of hydrogen-bond donors (Lipinski definition) is 2. The first kappa shape index (κ1) is 18.4. The van der Waals surface area contributed by atoms with Gasteiger partial charge in [-0.1, -0.05) is 12.1 Å². The molecule has 7 nitrogen and oxygen atoms in total. The molecule has 0 spiro atoms. The van der Waals surface area contributed by atoms with Gasteiger partial charge in [0.05, 0.1) is 11.3 Å². The summed E-state index contributed by atoms with van der Waals surface area (Å²) >= 11 is 0. The van der Waals surface area contributed by atoms with E-state index in [1.54, 1.807) is 25.1 Å². The van der Waals surface area contributed by atoms with Crippen LogP contribution in [0.5, 0.6) is 0 Å². The van der Waals surface area contributed by atoms with Crippen molar-refractivity contribution in [2.75, 3.05) is 38.0 Å². The fourth-order valence-corrected chi connectivity index (χ4v) is 3.04. The summed E-state index contributed by atoms with van der Waals surface area (Å²) in [6.07, 6.45) is 2.41. The smallest absolute Gasteiger partial charge is 0.253 e. The maximum absolute atomic E-state index is 12.3. The highest BCUT2D eigenvalue weighted by molar-refractivity contribution is 6.03. The molecule has 1 saturated heterocycles. The molecule has 26 heavy (non-hydrogen) atoms. The van der Waals surface area contributed by atoms with Gasteiger partial charge in [0.2, 0.25) is 11.8 Å². The van der Waals surface area contributed by atoms with E-state index in [2.05, 4.69) is 15.5 Å². The molecule has 0 radical (unpaired) electrons. The van der Waals surface area contributed by atoms with Crippen molar-refractivity contribution in [1.29, 1.82) is 0 Å². The molecular weight excluding hydrogens is 332 g/mol. The van der Waals surface area contributed by atoms with E-state index in [0.29, 0.717) is 37.3 Å². The van der Waals surface area contributed by atoms with E-state index in [4.69, 9.17) is 0 Å². The number of rotatable bonds is 6. The maximum atomic E-state index is 12.3. The van der Waals surface area contributed by atoms with Crippen LogP contribution in [0.1, 0.15) is 36.5 Å². The van der Waals surface area contributed by atoms with Gasteiger partial charge < -0.3 is 15.5 Å². The Hall–Kier alpha value is -2.41. The van der Waals surface area contributed by atoms with Crippen molar-refractivity contribution < 1.29 is 14.4 Å². The van der Waals surface area contributed by atoms with Gasteiger partial charge >= 0.3 is 0 Å². The minimum atomic E-state index is -0.135. The van der Waals surface area contributed by atoms with E-state index in [1.807, 2.05) is 11.0 Å². The number of anilines is 1. The highest BCUT2D eigenvalue weighted by Gasteiger charge is 2.25. The number of nitrogens with zero attached hydrogens (tertiary/aromatic N) is 2. The third kappa shape index (κ3) is 5.05. The van der Waals surface area contributed by atoms with Crippen LogP contribution < -0.4 is 10.6 Å². The number of para-hydroxylation sites is 1. The summed E-state index contributed by atoms with van der Waals surface area (Å²) in [5.74, 6) is -0.141. The minimum absolute atomic E-state index is 0.100. The molecule has 7 heteroatoms. The monoisotopic (exact) mass is 358 g/mol. The first-order chi connectivity index (χ1) is 12.5. The van der Waals surface area contributed by atoms with Gasteiger partial charge in [0.25, 0.3) is 5.91 Å².